The van der Waals surface area contributed by atoms with Gasteiger partial charge in [0.2, 0.25) is 0 Å². The molecule has 0 fully saturated rings. The highest BCUT2D eigenvalue weighted by atomic mass is 79.9. The molecule has 84 valence electrons. The number of ether oxygens (including phenoxy) is 1. The van der Waals surface area contributed by atoms with Gasteiger partial charge in [0.05, 0.1) is 11.1 Å². The zero-order chi connectivity index (χ0) is 11.6. The fourth-order valence-corrected chi connectivity index (χ4v) is 1.36. The molecule has 0 amide bonds. The van der Waals surface area contributed by atoms with Crippen molar-refractivity contribution in [2.75, 3.05) is 6.61 Å². The fourth-order valence-electron chi connectivity index (χ4n) is 1.04. The summed E-state index contributed by atoms with van der Waals surface area (Å²) in [5, 5.41) is 9.15. The highest BCUT2D eigenvalue weighted by molar-refractivity contribution is 9.10. The molecule has 2 nitrogen and oxygen atoms in total. The van der Waals surface area contributed by atoms with Crippen molar-refractivity contribution in [2.24, 2.45) is 0 Å². The smallest absolute Gasteiger partial charge is 0.420 e. The van der Waals surface area contributed by atoms with Crippen LogP contribution in [0.1, 0.15) is 12.5 Å². The molecule has 0 bridgehead atoms. The van der Waals surface area contributed by atoms with Crippen LogP contribution in [0, 0.1) is 0 Å². The molecule has 0 aliphatic heterocycles. The van der Waals surface area contributed by atoms with Crippen LogP contribution in [0.15, 0.2) is 16.6 Å². The molecule has 0 unspecified atom stereocenters. The van der Waals surface area contributed by atoms with Gasteiger partial charge in [0, 0.05) is 0 Å². The maximum atomic E-state index is 12.5. The second-order valence-electron chi connectivity index (χ2n) is 2.73. The van der Waals surface area contributed by atoms with Crippen LogP contribution in [-0.2, 0) is 6.18 Å². The van der Waals surface area contributed by atoms with Crippen molar-refractivity contribution in [3.63, 3.8) is 0 Å². The Bertz CT molecular complexity index is 363. The SMILES string of the molecule is CCOc1cc(Br)c(O)cc1C(F)(F)F. The number of halogens is 4. The lowest BCUT2D eigenvalue weighted by atomic mass is 10.2. The van der Waals surface area contributed by atoms with E-state index in [1.54, 1.807) is 6.92 Å². The van der Waals surface area contributed by atoms with Crippen molar-refractivity contribution in [1.82, 2.24) is 0 Å². The van der Waals surface area contributed by atoms with Gasteiger partial charge < -0.3 is 9.84 Å². The van der Waals surface area contributed by atoms with E-state index in [4.69, 9.17) is 9.84 Å². The van der Waals surface area contributed by atoms with Gasteiger partial charge in [0.1, 0.15) is 17.1 Å². The number of rotatable bonds is 2. The Kier molecular flexibility index (Phi) is 3.49. The average Bonchev–Trinajstić information content (AvgIpc) is 2.09. The quantitative estimate of drug-likeness (QED) is 0.900. The summed E-state index contributed by atoms with van der Waals surface area (Å²) >= 11 is 2.92. The second-order valence-corrected chi connectivity index (χ2v) is 3.58. The van der Waals surface area contributed by atoms with Gasteiger partial charge in [0.15, 0.2) is 0 Å². The van der Waals surface area contributed by atoms with Crippen LogP contribution >= 0.6 is 15.9 Å². The van der Waals surface area contributed by atoms with Crippen molar-refractivity contribution in [1.29, 1.82) is 0 Å². The first-order chi connectivity index (χ1) is 6.86. The molecule has 1 N–H and O–H groups in total. The molecular formula is C9H8BrF3O2. The summed E-state index contributed by atoms with van der Waals surface area (Å²) in [4.78, 5) is 0. The molecule has 0 aliphatic carbocycles. The van der Waals surface area contributed by atoms with Crippen molar-refractivity contribution in [3.8, 4) is 11.5 Å². The Morgan fingerprint density at radius 2 is 2.00 bits per heavy atom. The third kappa shape index (κ3) is 2.77. The second kappa shape index (κ2) is 4.30. The average molecular weight is 285 g/mol. The Labute approximate surface area is 92.8 Å². The predicted octanol–water partition coefficient (Wildman–Crippen LogP) is 3.57. The van der Waals surface area contributed by atoms with Crippen LogP contribution < -0.4 is 4.74 Å². The number of phenolic OH excluding ortho intramolecular Hbond substituents is 1. The summed E-state index contributed by atoms with van der Waals surface area (Å²) in [5.41, 5.74) is -0.981. The lowest BCUT2D eigenvalue weighted by Gasteiger charge is -2.14. The maximum absolute atomic E-state index is 12.5. The van der Waals surface area contributed by atoms with E-state index >= 15 is 0 Å². The summed E-state index contributed by atoms with van der Waals surface area (Å²) in [6.45, 7) is 1.71. The zero-order valence-electron chi connectivity index (χ0n) is 7.73. The number of phenols is 1. The van der Waals surface area contributed by atoms with Gasteiger partial charge in [-0.1, -0.05) is 0 Å². The summed E-state index contributed by atoms with van der Waals surface area (Å²) in [7, 11) is 0. The molecule has 1 aromatic rings. The monoisotopic (exact) mass is 284 g/mol. The molecule has 0 saturated carbocycles. The summed E-state index contributed by atoms with van der Waals surface area (Å²) < 4.78 is 42.4. The molecule has 0 spiro atoms. The summed E-state index contributed by atoms with van der Waals surface area (Å²) in [6, 6.07) is 1.73. The standard InChI is InChI=1S/C9H8BrF3O2/c1-2-15-8-4-6(10)7(14)3-5(8)9(11,12)13/h3-4,14H,2H2,1H3. The van der Waals surface area contributed by atoms with Crippen LogP contribution in [0.4, 0.5) is 13.2 Å². The molecule has 0 atom stereocenters. The zero-order valence-corrected chi connectivity index (χ0v) is 9.32. The Hall–Kier alpha value is -0.910. The van der Waals surface area contributed by atoms with Gasteiger partial charge in [-0.2, -0.15) is 13.2 Å². The minimum absolute atomic E-state index is 0.125. The van der Waals surface area contributed by atoms with Crippen molar-refractivity contribution >= 4 is 15.9 Å². The number of benzene rings is 1. The van der Waals surface area contributed by atoms with Gasteiger partial charge in [-0.3, -0.25) is 0 Å². The molecule has 0 radical (unpaired) electrons. The predicted molar refractivity (Wildman–Crippen MR) is 52.0 cm³/mol. The number of alkyl halides is 3. The molecule has 1 rings (SSSR count). The molecule has 6 heteroatoms. The van der Waals surface area contributed by atoms with Crippen molar-refractivity contribution < 1.29 is 23.0 Å². The first kappa shape index (κ1) is 12.2. The number of hydrogen-bond acceptors (Lipinski definition) is 2. The first-order valence-corrected chi connectivity index (χ1v) is 4.88. The molecular weight excluding hydrogens is 277 g/mol. The van der Waals surface area contributed by atoms with E-state index in [2.05, 4.69) is 15.9 Å². The number of hydrogen-bond donors (Lipinski definition) is 1. The van der Waals surface area contributed by atoms with E-state index in [1.807, 2.05) is 0 Å². The molecule has 0 heterocycles. The highest BCUT2D eigenvalue weighted by Crippen LogP contribution is 2.41. The Balaban J connectivity index is 3.28. The van der Waals surface area contributed by atoms with E-state index in [0.717, 1.165) is 6.07 Å². The van der Waals surface area contributed by atoms with E-state index < -0.39 is 17.5 Å². The lowest BCUT2D eigenvalue weighted by molar-refractivity contribution is -0.139. The van der Waals surface area contributed by atoms with Gasteiger partial charge >= 0.3 is 6.18 Å². The van der Waals surface area contributed by atoms with Crippen LogP contribution in [0.2, 0.25) is 0 Å². The van der Waals surface area contributed by atoms with Gasteiger partial charge in [-0.15, -0.1) is 0 Å². The molecule has 15 heavy (non-hydrogen) atoms. The van der Waals surface area contributed by atoms with E-state index in [-0.39, 0.29) is 16.8 Å². The molecule has 0 saturated heterocycles. The van der Waals surface area contributed by atoms with E-state index in [0.29, 0.717) is 6.07 Å². The fraction of sp³-hybridized carbons (Fsp3) is 0.333. The van der Waals surface area contributed by atoms with Crippen LogP contribution in [0.25, 0.3) is 0 Å². The van der Waals surface area contributed by atoms with Crippen LogP contribution in [0.5, 0.6) is 11.5 Å². The normalized spacial score (nSPS) is 11.5. The molecule has 0 aliphatic rings. The minimum Gasteiger partial charge on any atom is -0.507 e. The summed E-state index contributed by atoms with van der Waals surface area (Å²) in [5.74, 6) is -0.763. The first-order valence-electron chi connectivity index (χ1n) is 4.08. The summed E-state index contributed by atoms with van der Waals surface area (Å²) in [6.07, 6.45) is -4.54. The van der Waals surface area contributed by atoms with Crippen molar-refractivity contribution in [3.05, 3.63) is 22.2 Å². The highest BCUT2D eigenvalue weighted by Gasteiger charge is 2.35. The maximum Gasteiger partial charge on any atom is 0.420 e. The Morgan fingerprint density at radius 1 is 1.40 bits per heavy atom. The third-order valence-electron chi connectivity index (χ3n) is 1.65. The number of aromatic hydroxyl groups is 1. The van der Waals surface area contributed by atoms with E-state index in [1.165, 1.54) is 0 Å². The minimum atomic E-state index is -4.54. The van der Waals surface area contributed by atoms with Crippen LogP contribution in [0.3, 0.4) is 0 Å². The van der Waals surface area contributed by atoms with E-state index in [9.17, 15) is 13.2 Å². The van der Waals surface area contributed by atoms with Crippen molar-refractivity contribution in [2.45, 2.75) is 13.1 Å². The lowest BCUT2D eigenvalue weighted by Crippen LogP contribution is -2.08. The largest absolute Gasteiger partial charge is 0.507 e. The van der Waals surface area contributed by atoms with Gasteiger partial charge in [-0.25, -0.2) is 0 Å². The molecule has 0 aromatic heterocycles. The van der Waals surface area contributed by atoms with Gasteiger partial charge in [-0.05, 0) is 35.0 Å². The Morgan fingerprint density at radius 3 is 2.47 bits per heavy atom. The van der Waals surface area contributed by atoms with Crippen LogP contribution in [-0.4, -0.2) is 11.7 Å². The topological polar surface area (TPSA) is 29.5 Å². The van der Waals surface area contributed by atoms with Gasteiger partial charge in [0.25, 0.3) is 0 Å². The third-order valence-corrected chi connectivity index (χ3v) is 2.29. The molecule has 1 aromatic carbocycles.